The first-order chi connectivity index (χ1) is 12.6. The number of hydrogen-bond donors (Lipinski definition) is 0. The monoisotopic (exact) mass is 367 g/mol. The van der Waals surface area contributed by atoms with Gasteiger partial charge < -0.3 is 0 Å². The van der Waals surface area contributed by atoms with E-state index in [1.165, 1.54) is 0 Å². The molecule has 1 aliphatic rings. The highest BCUT2D eigenvalue weighted by molar-refractivity contribution is 7.89. The third-order valence-corrected chi connectivity index (χ3v) is 6.70. The summed E-state index contributed by atoms with van der Waals surface area (Å²) in [5.41, 5.74) is 1.01. The molecular formula is C20H21N3O2S. The van der Waals surface area contributed by atoms with E-state index in [0.717, 1.165) is 23.0 Å². The molecule has 0 radical (unpaired) electrons. The Morgan fingerprint density at radius 1 is 0.846 bits per heavy atom. The van der Waals surface area contributed by atoms with Crippen LogP contribution in [0.25, 0.3) is 10.8 Å². The maximum absolute atomic E-state index is 13.0. The fourth-order valence-corrected chi connectivity index (χ4v) is 4.78. The molecular weight excluding hydrogens is 346 g/mol. The molecule has 2 heterocycles. The van der Waals surface area contributed by atoms with Crippen LogP contribution >= 0.6 is 0 Å². The number of fused-ring (bicyclic) bond motifs is 1. The summed E-state index contributed by atoms with van der Waals surface area (Å²) in [6.07, 6.45) is 1.79. The third-order valence-electron chi connectivity index (χ3n) is 4.80. The van der Waals surface area contributed by atoms with E-state index in [9.17, 15) is 8.42 Å². The van der Waals surface area contributed by atoms with Crippen LogP contribution < -0.4 is 0 Å². The van der Waals surface area contributed by atoms with Crippen LogP contribution in [-0.4, -0.2) is 48.8 Å². The number of hydrogen-bond acceptors (Lipinski definition) is 4. The van der Waals surface area contributed by atoms with Gasteiger partial charge in [0.25, 0.3) is 0 Å². The standard InChI is InChI=1S/C20H21N3O2S/c24-26(25,20-9-8-17-5-1-2-6-18(17)15-20)23-13-11-22(12-14-23)16-19-7-3-4-10-21-19/h1-10,15H,11-14,16H2. The van der Waals surface area contributed by atoms with Gasteiger partial charge in [-0.05, 0) is 35.0 Å². The summed E-state index contributed by atoms with van der Waals surface area (Å²) < 4.78 is 27.6. The number of rotatable bonds is 4. The minimum Gasteiger partial charge on any atom is -0.295 e. The highest BCUT2D eigenvalue weighted by Crippen LogP contribution is 2.23. The molecule has 1 aromatic heterocycles. The van der Waals surface area contributed by atoms with Crippen LogP contribution in [0.1, 0.15) is 5.69 Å². The van der Waals surface area contributed by atoms with Gasteiger partial charge in [-0.15, -0.1) is 0 Å². The Kier molecular flexibility index (Phi) is 4.72. The van der Waals surface area contributed by atoms with Crippen LogP contribution in [-0.2, 0) is 16.6 Å². The van der Waals surface area contributed by atoms with Crippen LogP contribution in [0.15, 0.2) is 71.8 Å². The van der Waals surface area contributed by atoms with Gasteiger partial charge in [0.1, 0.15) is 0 Å². The predicted octanol–water partition coefficient (Wildman–Crippen LogP) is 2.74. The Labute approximate surface area is 153 Å². The molecule has 6 heteroatoms. The summed E-state index contributed by atoms with van der Waals surface area (Å²) in [5, 5.41) is 1.99. The van der Waals surface area contributed by atoms with Crippen molar-refractivity contribution in [3.8, 4) is 0 Å². The molecule has 1 saturated heterocycles. The van der Waals surface area contributed by atoms with Gasteiger partial charge in [-0.25, -0.2) is 8.42 Å². The first-order valence-corrected chi connectivity index (χ1v) is 10.2. The molecule has 0 atom stereocenters. The van der Waals surface area contributed by atoms with Gasteiger partial charge >= 0.3 is 0 Å². The van der Waals surface area contributed by atoms with E-state index in [1.54, 1.807) is 22.6 Å². The van der Waals surface area contributed by atoms with E-state index in [-0.39, 0.29) is 0 Å². The molecule has 0 amide bonds. The van der Waals surface area contributed by atoms with Gasteiger partial charge in [0.2, 0.25) is 10.0 Å². The van der Waals surface area contributed by atoms with Gasteiger partial charge in [0.05, 0.1) is 10.6 Å². The minimum atomic E-state index is -3.46. The van der Waals surface area contributed by atoms with Crippen molar-refractivity contribution in [1.82, 2.24) is 14.2 Å². The van der Waals surface area contributed by atoms with Crippen LogP contribution in [0.4, 0.5) is 0 Å². The summed E-state index contributed by atoms with van der Waals surface area (Å²) >= 11 is 0. The van der Waals surface area contributed by atoms with Crippen LogP contribution in [0.2, 0.25) is 0 Å². The zero-order chi connectivity index (χ0) is 18.0. The predicted molar refractivity (Wildman–Crippen MR) is 102 cm³/mol. The Bertz CT molecular complexity index is 998. The molecule has 4 rings (SSSR count). The van der Waals surface area contributed by atoms with E-state index in [2.05, 4.69) is 9.88 Å². The van der Waals surface area contributed by atoms with Crippen LogP contribution in [0.3, 0.4) is 0 Å². The van der Waals surface area contributed by atoms with Gasteiger partial charge in [-0.1, -0.05) is 36.4 Å². The molecule has 3 aromatic rings. The summed E-state index contributed by atoms with van der Waals surface area (Å²) in [4.78, 5) is 6.96. The molecule has 1 fully saturated rings. The average molecular weight is 367 g/mol. The molecule has 0 saturated carbocycles. The van der Waals surface area contributed by atoms with E-state index in [0.29, 0.717) is 31.1 Å². The molecule has 5 nitrogen and oxygen atoms in total. The van der Waals surface area contributed by atoms with Crippen molar-refractivity contribution in [2.24, 2.45) is 0 Å². The molecule has 0 unspecified atom stereocenters. The number of benzene rings is 2. The molecule has 0 N–H and O–H groups in total. The first-order valence-electron chi connectivity index (χ1n) is 8.74. The highest BCUT2D eigenvalue weighted by atomic mass is 32.2. The molecule has 26 heavy (non-hydrogen) atoms. The Hall–Kier alpha value is -2.28. The number of nitrogens with zero attached hydrogens (tertiary/aromatic N) is 3. The number of pyridine rings is 1. The van der Waals surface area contributed by atoms with Crippen molar-refractivity contribution < 1.29 is 8.42 Å². The van der Waals surface area contributed by atoms with Gasteiger partial charge in [-0.3, -0.25) is 9.88 Å². The first kappa shape index (κ1) is 17.1. The molecule has 0 aliphatic carbocycles. The summed E-state index contributed by atoms with van der Waals surface area (Å²) in [6.45, 7) is 3.18. The molecule has 134 valence electrons. The lowest BCUT2D eigenvalue weighted by Crippen LogP contribution is -2.48. The lowest BCUT2D eigenvalue weighted by Gasteiger charge is -2.33. The van der Waals surface area contributed by atoms with Crippen LogP contribution in [0, 0.1) is 0 Å². The average Bonchev–Trinajstić information content (AvgIpc) is 2.69. The maximum atomic E-state index is 13.0. The van der Waals surface area contributed by atoms with E-state index >= 15 is 0 Å². The summed E-state index contributed by atoms with van der Waals surface area (Å²) in [5.74, 6) is 0. The second-order valence-corrected chi connectivity index (χ2v) is 8.45. The zero-order valence-electron chi connectivity index (χ0n) is 14.5. The van der Waals surface area contributed by atoms with Crippen molar-refractivity contribution in [3.63, 3.8) is 0 Å². The smallest absolute Gasteiger partial charge is 0.243 e. The molecule has 1 aliphatic heterocycles. The fraction of sp³-hybridized carbons (Fsp3) is 0.250. The Morgan fingerprint density at radius 3 is 2.31 bits per heavy atom. The lowest BCUT2D eigenvalue weighted by atomic mass is 10.1. The normalized spacial score (nSPS) is 16.8. The van der Waals surface area contributed by atoms with Crippen molar-refractivity contribution in [2.75, 3.05) is 26.2 Å². The van der Waals surface area contributed by atoms with Crippen LogP contribution in [0.5, 0.6) is 0 Å². The van der Waals surface area contributed by atoms with Gasteiger partial charge in [0.15, 0.2) is 0 Å². The lowest BCUT2D eigenvalue weighted by molar-refractivity contribution is 0.180. The van der Waals surface area contributed by atoms with Gasteiger partial charge in [0, 0.05) is 38.9 Å². The Morgan fingerprint density at radius 2 is 1.58 bits per heavy atom. The van der Waals surface area contributed by atoms with Crippen molar-refractivity contribution in [3.05, 3.63) is 72.6 Å². The van der Waals surface area contributed by atoms with E-state index < -0.39 is 10.0 Å². The summed E-state index contributed by atoms with van der Waals surface area (Å²) in [6, 6.07) is 19.0. The number of sulfonamides is 1. The van der Waals surface area contributed by atoms with E-state index in [1.807, 2.05) is 48.5 Å². The van der Waals surface area contributed by atoms with Crippen molar-refractivity contribution >= 4 is 20.8 Å². The SMILES string of the molecule is O=S(=O)(c1ccc2ccccc2c1)N1CCN(Cc2ccccn2)CC1. The molecule has 0 bridgehead atoms. The zero-order valence-corrected chi connectivity index (χ0v) is 15.3. The largest absolute Gasteiger partial charge is 0.295 e. The quantitative estimate of drug-likeness (QED) is 0.712. The van der Waals surface area contributed by atoms with Crippen molar-refractivity contribution in [2.45, 2.75) is 11.4 Å². The second-order valence-electron chi connectivity index (χ2n) is 6.51. The fourth-order valence-electron chi connectivity index (χ4n) is 3.33. The highest BCUT2D eigenvalue weighted by Gasteiger charge is 2.28. The number of piperazine rings is 1. The Balaban J connectivity index is 1.47. The van der Waals surface area contributed by atoms with Crippen molar-refractivity contribution in [1.29, 1.82) is 0 Å². The molecule has 0 spiro atoms. The van der Waals surface area contributed by atoms with Gasteiger partial charge in [-0.2, -0.15) is 4.31 Å². The maximum Gasteiger partial charge on any atom is 0.243 e. The second kappa shape index (κ2) is 7.15. The molecule has 2 aromatic carbocycles. The summed E-state index contributed by atoms with van der Waals surface area (Å²) in [7, 11) is -3.46. The topological polar surface area (TPSA) is 53.5 Å². The third kappa shape index (κ3) is 3.49. The minimum absolute atomic E-state index is 0.370. The number of aromatic nitrogens is 1. The van der Waals surface area contributed by atoms with E-state index in [4.69, 9.17) is 0 Å².